The van der Waals surface area contributed by atoms with Gasteiger partial charge in [-0.3, -0.25) is 0 Å². The minimum Gasteiger partial charge on any atom is -0.489 e. The van der Waals surface area contributed by atoms with Crippen LogP contribution in [0.15, 0.2) is 36.4 Å². The van der Waals surface area contributed by atoms with Crippen molar-refractivity contribution in [3.63, 3.8) is 0 Å². The molecule has 2 nitrogen and oxygen atoms in total. The van der Waals surface area contributed by atoms with Crippen molar-refractivity contribution in [1.82, 2.24) is 0 Å². The van der Waals surface area contributed by atoms with Crippen molar-refractivity contribution in [3.05, 3.63) is 64.5 Å². The lowest BCUT2D eigenvalue weighted by Gasteiger charge is -2.12. The number of hydrogen-bond donors (Lipinski definition) is 0. The van der Waals surface area contributed by atoms with E-state index in [1.165, 1.54) is 17.2 Å². The second-order valence-electron chi connectivity index (χ2n) is 5.38. The molecule has 0 radical (unpaired) electrons. The number of rotatable bonds is 4. The van der Waals surface area contributed by atoms with Gasteiger partial charge >= 0.3 is 0 Å². The summed E-state index contributed by atoms with van der Waals surface area (Å²) in [5, 5.41) is 8.71. The van der Waals surface area contributed by atoms with Crippen LogP contribution in [0.5, 0.6) is 5.75 Å². The van der Waals surface area contributed by atoms with Gasteiger partial charge in [0.1, 0.15) is 18.2 Å². The monoisotopic (exact) mass is 283 g/mol. The summed E-state index contributed by atoms with van der Waals surface area (Å²) < 4.78 is 19.4. The van der Waals surface area contributed by atoms with Crippen LogP contribution in [0, 0.1) is 24.1 Å². The molecule has 0 atom stereocenters. The Kier molecular flexibility index (Phi) is 4.59. The van der Waals surface area contributed by atoms with Crippen molar-refractivity contribution in [2.24, 2.45) is 0 Å². The van der Waals surface area contributed by atoms with Crippen molar-refractivity contribution in [2.45, 2.75) is 33.3 Å². The lowest BCUT2D eigenvalue weighted by Crippen LogP contribution is -2.00. The average molecular weight is 283 g/mol. The molecule has 3 heteroatoms. The van der Waals surface area contributed by atoms with Crippen LogP contribution in [0.3, 0.4) is 0 Å². The highest BCUT2D eigenvalue weighted by Crippen LogP contribution is 2.24. The van der Waals surface area contributed by atoms with Gasteiger partial charge in [0.2, 0.25) is 0 Å². The minimum absolute atomic E-state index is 0.151. The molecular formula is C18H18FNO. The molecular weight excluding hydrogens is 265 g/mol. The normalized spacial score (nSPS) is 10.5. The minimum atomic E-state index is -0.412. The van der Waals surface area contributed by atoms with Crippen molar-refractivity contribution in [2.75, 3.05) is 0 Å². The Labute approximate surface area is 124 Å². The molecule has 0 N–H and O–H groups in total. The van der Waals surface area contributed by atoms with Gasteiger partial charge < -0.3 is 4.74 Å². The molecule has 2 aromatic rings. The largest absolute Gasteiger partial charge is 0.489 e. The molecule has 0 fully saturated rings. The third kappa shape index (κ3) is 3.61. The molecule has 0 aliphatic carbocycles. The van der Waals surface area contributed by atoms with Gasteiger partial charge in [0, 0.05) is 5.56 Å². The fourth-order valence-electron chi connectivity index (χ4n) is 2.28. The highest BCUT2D eigenvalue weighted by Gasteiger charge is 2.07. The summed E-state index contributed by atoms with van der Waals surface area (Å²) in [5.41, 5.74) is 3.21. The van der Waals surface area contributed by atoms with E-state index in [4.69, 9.17) is 10.00 Å². The summed E-state index contributed by atoms with van der Waals surface area (Å²) in [6.07, 6.45) is 0. The predicted octanol–water partition coefficient (Wildman–Crippen LogP) is 4.71. The summed E-state index contributed by atoms with van der Waals surface area (Å²) >= 11 is 0. The summed E-state index contributed by atoms with van der Waals surface area (Å²) in [4.78, 5) is 0. The van der Waals surface area contributed by atoms with Crippen LogP contribution in [0.4, 0.5) is 4.39 Å². The van der Waals surface area contributed by atoms with Crippen LogP contribution in [-0.4, -0.2) is 0 Å². The van der Waals surface area contributed by atoms with Crippen LogP contribution in [-0.2, 0) is 6.61 Å². The third-order valence-electron chi connectivity index (χ3n) is 3.44. The molecule has 0 saturated carbocycles. The number of ether oxygens (including phenoxy) is 1. The molecule has 0 bridgehead atoms. The fourth-order valence-corrected chi connectivity index (χ4v) is 2.28. The molecule has 0 saturated heterocycles. The Balaban J connectivity index is 2.10. The zero-order chi connectivity index (χ0) is 15.4. The van der Waals surface area contributed by atoms with E-state index in [2.05, 4.69) is 13.8 Å². The number of nitrogens with zero attached hydrogens (tertiary/aromatic N) is 1. The molecule has 0 amide bonds. The number of halogens is 1. The smallest absolute Gasteiger partial charge is 0.131 e. The lowest BCUT2D eigenvalue weighted by molar-refractivity contribution is 0.299. The highest BCUT2D eigenvalue weighted by atomic mass is 19.1. The Morgan fingerprint density at radius 3 is 2.52 bits per heavy atom. The van der Waals surface area contributed by atoms with Gasteiger partial charge in [-0.25, -0.2) is 4.39 Å². The van der Waals surface area contributed by atoms with Crippen LogP contribution in [0.25, 0.3) is 0 Å². The van der Waals surface area contributed by atoms with Crippen LogP contribution in [0.1, 0.15) is 42.0 Å². The third-order valence-corrected chi connectivity index (χ3v) is 3.44. The maximum atomic E-state index is 13.8. The first-order valence-corrected chi connectivity index (χ1v) is 6.93. The average Bonchev–Trinajstić information content (AvgIpc) is 2.45. The van der Waals surface area contributed by atoms with E-state index < -0.39 is 5.82 Å². The van der Waals surface area contributed by atoms with Crippen LogP contribution < -0.4 is 4.74 Å². The van der Waals surface area contributed by atoms with E-state index in [-0.39, 0.29) is 6.61 Å². The summed E-state index contributed by atoms with van der Waals surface area (Å²) in [5.74, 6) is 0.778. The number of hydrogen-bond acceptors (Lipinski definition) is 2. The van der Waals surface area contributed by atoms with Crippen LogP contribution in [0.2, 0.25) is 0 Å². The summed E-state index contributed by atoms with van der Waals surface area (Å²) in [6.45, 7) is 6.49. The quantitative estimate of drug-likeness (QED) is 0.814. The second-order valence-corrected chi connectivity index (χ2v) is 5.38. The van der Waals surface area contributed by atoms with Crippen molar-refractivity contribution in [3.8, 4) is 11.8 Å². The van der Waals surface area contributed by atoms with E-state index in [1.807, 2.05) is 31.2 Å². The Bertz CT molecular complexity index is 686. The predicted molar refractivity (Wildman–Crippen MR) is 80.7 cm³/mol. The molecule has 21 heavy (non-hydrogen) atoms. The molecule has 2 rings (SSSR count). The van der Waals surface area contributed by atoms with Crippen molar-refractivity contribution < 1.29 is 9.13 Å². The van der Waals surface area contributed by atoms with E-state index in [0.29, 0.717) is 17.0 Å². The number of aryl methyl sites for hydroxylation is 1. The molecule has 0 aliphatic heterocycles. The molecule has 0 aliphatic rings. The molecule has 0 spiro atoms. The van der Waals surface area contributed by atoms with Gasteiger partial charge in [0.25, 0.3) is 0 Å². The van der Waals surface area contributed by atoms with Crippen molar-refractivity contribution >= 4 is 0 Å². The molecule has 0 aromatic heterocycles. The topological polar surface area (TPSA) is 33.0 Å². The Morgan fingerprint density at radius 1 is 1.19 bits per heavy atom. The fraction of sp³-hybridized carbons (Fsp3) is 0.278. The first-order chi connectivity index (χ1) is 10.0. The van der Waals surface area contributed by atoms with Gasteiger partial charge in [0.05, 0.1) is 11.6 Å². The molecule has 108 valence electrons. The summed E-state index contributed by atoms with van der Waals surface area (Å²) in [7, 11) is 0. The molecule has 0 heterocycles. The maximum absolute atomic E-state index is 13.8. The molecule has 0 unspecified atom stereocenters. The van der Waals surface area contributed by atoms with Gasteiger partial charge in [0.15, 0.2) is 0 Å². The first-order valence-electron chi connectivity index (χ1n) is 6.93. The Hall–Kier alpha value is -2.34. The van der Waals surface area contributed by atoms with E-state index in [9.17, 15) is 4.39 Å². The number of nitriles is 1. The van der Waals surface area contributed by atoms with E-state index >= 15 is 0 Å². The Morgan fingerprint density at radius 2 is 1.95 bits per heavy atom. The van der Waals surface area contributed by atoms with Gasteiger partial charge in [-0.15, -0.1) is 0 Å². The zero-order valence-corrected chi connectivity index (χ0v) is 12.5. The zero-order valence-electron chi connectivity index (χ0n) is 12.5. The van der Waals surface area contributed by atoms with Crippen molar-refractivity contribution in [1.29, 1.82) is 5.26 Å². The second kappa shape index (κ2) is 6.41. The van der Waals surface area contributed by atoms with E-state index in [1.54, 1.807) is 12.1 Å². The lowest BCUT2D eigenvalue weighted by atomic mass is 9.98. The summed E-state index contributed by atoms with van der Waals surface area (Å²) in [6, 6.07) is 12.2. The number of benzene rings is 2. The van der Waals surface area contributed by atoms with Crippen LogP contribution >= 0.6 is 0 Å². The standard InChI is InChI=1S/C18H18FNO/c1-12(2)17-7-6-16(8-13(17)3)21-11-15-5-4-14(10-20)9-18(15)19/h4-9,12H,11H2,1-3H3. The maximum Gasteiger partial charge on any atom is 0.131 e. The van der Waals surface area contributed by atoms with Gasteiger partial charge in [-0.05, 0) is 48.2 Å². The molecule has 2 aromatic carbocycles. The highest BCUT2D eigenvalue weighted by molar-refractivity contribution is 5.37. The van der Waals surface area contributed by atoms with Gasteiger partial charge in [-0.1, -0.05) is 26.0 Å². The first kappa shape index (κ1) is 15.1. The van der Waals surface area contributed by atoms with E-state index in [0.717, 1.165) is 5.75 Å². The SMILES string of the molecule is Cc1cc(OCc2ccc(C#N)cc2F)ccc1C(C)C. The van der Waals surface area contributed by atoms with Gasteiger partial charge in [-0.2, -0.15) is 5.26 Å².